The molecule has 0 aliphatic heterocycles. The van der Waals surface area contributed by atoms with Crippen LogP contribution in [0.25, 0.3) is 0 Å². The SMILES string of the molecule is CCC(C)C(N)C(=O)NC(C(=O)NC(CCCN=C(N)N)C(=O)NC(CCC(=O)O)C(=O)O)C(C)C. The third-order valence-corrected chi connectivity index (χ3v) is 5.65. The van der Waals surface area contributed by atoms with Gasteiger partial charge in [0, 0.05) is 13.0 Å². The molecule has 14 heteroatoms. The maximum atomic E-state index is 13.1. The van der Waals surface area contributed by atoms with Crippen molar-refractivity contribution in [3.05, 3.63) is 0 Å². The summed E-state index contributed by atoms with van der Waals surface area (Å²) in [5.74, 6) is -5.25. The molecule has 0 heterocycles. The van der Waals surface area contributed by atoms with Gasteiger partial charge in [0.15, 0.2) is 5.96 Å². The Morgan fingerprint density at radius 3 is 1.92 bits per heavy atom. The number of hydrogen-bond acceptors (Lipinski definition) is 7. The minimum Gasteiger partial charge on any atom is -0.481 e. The summed E-state index contributed by atoms with van der Waals surface area (Å²) in [7, 11) is 0. The van der Waals surface area contributed by atoms with Gasteiger partial charge in [0.25, 0.3) is 0 Å². The van der Waals surface area contributed by atoms with Gasteiger partial charge in [0.1, 0.15) is 18.1 Å². The molecule has 0 bridgehead atoms. The molecular weight excluding hydrogens is 474 g/mol. The van der Waals surface area contributed by atoms with Crippen molar-refractivity contribution in [2.45, 2.75) is 84.0 Å². The molecule has 3 amide bonds. The van der Waals surface area contributed by atoms with Crippen LogP contribution in [-0.2, 0) is 24.0 Å². The van der Waals surface area contributed by atoms with Gasteiger partial charge in [-0.1, -0.05) is 34.1 Å². The molecule has 0 saturated heterocycles. The molecule has 0 saturated carbocycles. The molecule has 0 spiro atoms. The Morgan fingerprint density at radius 1 is 0.861 bits per heavy atom. The number of carbonyl (C=O) groups excluding carboxylic acids is 3. The summed E-state index contributed by atoms with van der Waals surface area (Å²) in [6.07, 6.45) is 0.156. The monoisotopic (exact) mass is 515 g/mol. The van der Waals surface area contributed by atoms with Crippen LogP contribution in [0.5, 0.6) is 0 Å². The second kappa shape index (κ2) is 16.3. The van der Waals surface area contributed by atoms with Gasteiger partial charge in [-0.25, -0.2) is 4.79 Å². The molecule has 0 aromatic heterocycles. The fourth-order valence-electron chi connectivity index (χ4n) is 3.13. The van der Waals surface area contributed by atoms with E-state index in [-0.39, 0.29) is 43.6 Å². The van der Waals surface area contributed by atoms with Gasteiger partial charge in [-0.3, -0.25) is 24.2 Å². The number of nitrogens with one attached hydrogen (secondary N) is 3. The standard InChI is InChI=1S/C22H41N7O7/c1-5-12(4)16(23)19(33)29-17(11(2)3)20(34)27-13(7-6-10-26-22(24)25)18(32)28-14(21(35)36)8-9-15(30)31/h11-14,16-17H,5-10,23H2,1-4H3,(H,27,34)(H,28,32)(H,29,33)(H,30,31)(H,35,36)(H4,24,25,26). The highest BCUT2D eigenvalue weighted by atomic mass is 16.4. The minimum absolute atomic E-state index is 0.0464. The number of aliphatic imine (C=N–C) groups is 1. The maximum absolute atomic E-state index is 13.1. The average molecular weight is 516 g/mol. The van der Waals surface area contributed by atoms with Crippen LogP contribution in [0.15, 0.2) is 4.99 Å². The summed E-state index contributed by atoms with van der Waals surface area (Å²) in [4.78, 5) is 64.6. The lowest BCUT2D eigenvalue weighted by Crippen LogP contribution is -2.59. The number of hydrogen-bond donors (Lipinski definition) is 8. The van der Waals surface area contributed by atoms with E-state index in [1.807, 2.05) is 13.8 Å². The number of carbonyl (C=O) groups is 5. The Kier molecular flexibility index (Phi) is 14.7. The minimum atomic E-state index is -1.47. The third kappa shape index (κ3) is 12.3. The topological polar surface area (TPSA) is 252 Å². The quantitative estimate of drug-likeness (QED) is 0.0630. The van der Waals surface area contributed by atoms with Crippen LogP contribution >= 0.6 is 0 Å². The van der Waals surface area contributed by atoms with E-state index in [0.29, 0.717) is 6.42 Å². The Hall–Kier alpha value is -3.42. The van der Waals surface area contributed by atoms with Crippen molar-refractivity contribution in [3.8, 4) is 0 Å². The number of carboxylic acid groups (broad SMARTS) is 2. The molecule has 5 atom stereocenters. The zero-order valence-electron chi connectivity index (χ0n) is 21.3. The van der Waals surface area contributed by atoms with Gasteiger partial charge in [0.2, 0.25) is 17.7 Å². The highest BCUT2D eigenvalue weighted by molar-refractivity contribution is 5.94. The molecule has 206 valence electrons. The van der Waals surface area contributed by atoms with Gasteiger partial charge < -0.3 is 43.4 Å². The van der Waals surface area contributed by atoms with Gasteiger partial charge in [0.05, 0.1) is 6.04 Å². The van der Waals surface area contributed by atoms with Crippen molar-refractivity contribution in [2.75, 3.05) is 6.54 Å². The summed E-state index contributed by atoms with van der Waals surface area (Å²) in [6, 6.07) is -4.50. The van der Waals surface area contributed by atoms with E-state index in [9.17, 15) is 29.1 Å². The predicted octanol–water partition coefficient (Wildman–Crippen LogP) is -1.53. The average Bonchev–Trinajstić information content (AvgIpc) is 2.79. The van der Waals surface area contributed by atoms with E-state index < -0.39 is 60.2 Å². The molecule has 5 unspecified atom stereocenters. The lowest BCUT2D eigenvalue weighted by Gasteiger charge is -2.27. The molecule has 11 N–H and O–H groups in total. The van der Waals surface area contributed by atoms with Crippen LogP contribution in [0, 0.1) is 11.8 Å². The van der Waals surface area contributed by atoms with Crippen molar-refractivity contribution >= 4 is 35.6 Å². The molecule has 0 aromatic rings. The van der Waals surface area contributed by atoms with Crippen LogP contribution in [0.3, 0.4) is 0 Å². The molecule has 14 nitrogen and oxygen atoms in total. The van der Waals surface area contributed by atoms with Crippen molar-refractivity contribution in [2.24, 2.45) is 34.0 Å². The Labute approximate surface area is 210 Å². The fraction of sp³-hybridized carbons (Fsp3) is 0.727. The van der Waals surface area contributed by atoms with Gasteiger partial charge in [-0.05, 0) is 31.1 Å². The van der Waals surface area contributed by atoms with Crippen molar-refractivity contribution < 1.29 is 34.2 Å². The summed E-state index contributed by atoms with van der Waals surface area (Å²) < 4.78 is 0. The second-order valence-electron chi connectivity index (χ2n) is 8.98. The third-order valence-electron chi connectivity index (χ3n) is 5.65. The fourth-order valence-corrected chi connectivity index (χ4v) is 3.13. The molecule has 0 fully saturated rings. The number of nitrogens with two attached hydrogens (primary N) is 3. The molecule has 0 radical (unpaired) electrons. The summed E-state index contributed by atoms with van der Waals surface area (Å²) in [6.45, 7) is 7.27. The highest BCUT2D eigenvalue weighted by Gasteiger charge is 2.32. The molecular formula is C22H41N7O7. The van der Waals surface area contributed by atoms with Crippen molar-refractivity contribution in [1.82, 2.24) is 16.0 Å². The van der Waals surface area contributed by atoms with Crippen LogP contribution in [0.1, 0.15) is 59.8 Å². The first kappa shape index (κ1) is 32.6. The number of guanidine groups is 1. The van der Waals surface area contributed by atoms with Crippen LogP contribution < -0.4 is 33.2 Å². The molecule has 0 rings (SSSR count). The normalized spacial score (nSPS) is 15.1. The van der Waals surface area contributed by atoms with Gasteiger partial charge in [-0.15, -0.1) is 0 Å². The van der Waals surface area contributed by atoms with Crippen LogP contribution in [0.4, 0.5) is 0 Å². The number of rotatable bonds is 17. The van der Waals surface area contributed by atoms with E-state index in [0.717, 1.165) is 0 Å². The lowest BCUT2D eigenvalue weighted by molar-refractivity contribution is -0.143. The highest BCUT2D eigenvalue weighted by Crippen LogP contribution is 2.09. The van der Waals surface area contributed by atoms with E-state index in [1.165, 1.54) is 0 Å². The largest absolute Gasteiger partial charge is 0.481 e. The zero-order chi connectivity index (χ0) is 28.0. The van der Waals surface area contributed by atoms with E-state index >= 15 is 0 Å². The number of aliphatic carboxylic acids is 2. The van der Waals surface area contributed by atoms with Crippen molar-refractivity contribution in [1.29, 1.82) is 0 Å². The first-order valence-corrected chi connectivity index (χ1v) is 11.9. The first-order chi connectivity index (χ1) is 16.7. The first-order valence-electron chi connectivity index (χ1n) is 11.9. The number of carboxylic acids is 2. The predicted molar refractivity (Wildman–Crippen MR) is 132 cm³/mol. The molecule has 0 aliphatic carbocycles. The maximum Gasteiger partial charge on any atom is 0.326 e. The molecule has 36 heavy (non-hydrogen) atoms. The number of amides is 3. The summed E-state index contributed by atoms with van der Waals surface area (Å²) >= 11 is 0. The van der Waals surface area contributed by atoms with Crippen LogP contribution in [0.2, 0.25) is 0 Å². The molecule has 0 aromatic carbocycles. The summed E-state index contributed by atoms with van der Waals surface area (Å²) in [5, 5.41) is 25.6. The van der Waals surface area contributed by atoms with Gasteiger partial charge in [-0.2, -0.15) is 0 Å². The van der Waals surface area contributed by atoms with Crippen molar-refractivity contribution in [3.63, 3.8) is 0 Å². The Morgan fingerprint density at radius 2 is 1.44 bits per heavy atom. The smallest absolute Gasteiger partial charge is 0.326 e. The number of nitrogens with zero attached hydrogens (tertiary/aromatic N) is 1. The Bertz CT molecular complexity index is 800. The van der Waals surface area contributed by atoms with Crippen LogP contribution in [-0.4, -0.2) is 76.5 Å². The van der Waals surface area contributed by atoms with E-state index in [2.05, 4.69) is 20.9 Å². The summed E-state index contributed by atoms with van der Waals surface area (Å²) in [5.41, 5.74) is 16.6. The Balaban J connectivity index is 5.62. The molecule has 0 aliphatic rings. The van der Waals surface area contributed by atoms with Gasteiger partial charge >= 0.3 is 11.9 Å². The van der Waals surface area contributed by atoms with E-state index in [1.54, 1.807) is 13.8 Å². The lowest BCUT2D eigenvalue weighted by atomic mass is 9.97. The zero-order valence-corrected chi connectivity index (χ0v) is 21.3. The second-order valence-corrected chi connectivity index (χ2v) is 8.98. The van der Waals surface area contributed by atoms with E-state index in [4.69, 9.17) is 22.3 Å².